The lowest BCUT2D eigenvalue weighted by Gasteiger charge is -2.38. The Hall–Kier alpha value is -4.32. The number of rotatable bonds is 6. The van der Waals surface area contributed by atoms with Gasteiger partial charge in [0.1, 0.15) is 5.82 Å². The van der Waals surface area contributed by atoms with E-state index in [4.69, 9.17) is 0 Å². The average molecular weight is 534 g/mol. The van der Waals surface area contributed by atoms with Crippen molar-refractivity contribution in [2.24, 2.45) is 5.41 Å². The van der Waals surface area contributed by atoms with Crippen LogP contribution in [0.4, 0.5) is 17.2 Å². The van der Waals surface area contributed by atoms with Gasteiger partial charge < -0.3 is 10.3 Å². The standard InChI is InChI=1S/C26H23N5O6S/c1-26(2)11-17-21(19(32)12-26)20(16-5-3-4-6-18(16)31(36)37)22-23(27-17)28-25(29-24(22)33)38-13-14-7-9-15(10-8-14)30(34)35/h3-10,20H,11-13H2,1-2H3,(H2,27,28,29,33). The molecule has 1 aromatic heterocycles. The van der Waals surface area contributed by atoms with Gasteiger partial charge in [-0.05, 0) is 17.4 Å². The number of nitrogens with one attached hydrogen (secondary N) is 2. The number of carbonyl (C=O) groups excluding carboxylic acids is 1. The first kappa shape index (κ1) is 25.3. The zero-order chi connectivity index (χ0) is 27.2. The second-order valence-corrected chi connectivity index (χ2v) is 11.0. The summed E-state index contributed by atoms with van der Waals surface area (Å²) in [6.07, 6.45) is 0.777. The van der Waals surface area contributed by atoms with Gasteiger partial charge in [-0.2, -0.15) is 0 Å². The van der Waals surface area contributed by atoms with E-state index >= 15 is 0 Å². The van der Waals surface area contributed by atoms with Gasteiger partial charge in [0.2, 0.25) is 0 Å². The number of carbonyl (C=O) groups is 1. The Bertz CT molecular complexity index is 1580. The van der Waals surface area contributed by atoms with Crippen LogP contribution in [0.1, 0.15) is 49.3 Å². The number of hydrogen-bond acceptors (Lipinski definition) is 9. The van der Waals surface area contributed by atoms with E-state index in [1.54, 1.807) is 30.3 Å². The number of fused-ring (bicyclic) bond motifs is 1. The molecule has 3 aromatic rings. The van der Waals surface area contributed by atoms with E-state index in [1.807, 2.05) is 13.8 Å². The molecule has 0 amide bonds. The summed E-state index contributed by atoms with van der Waals surface area (Å²) in [4.78, 5) is 56.0. The van der Waals surface area contributed by atoms with E-state index in [-0.39, 0.29) is 45.9 Å². The molecule has 0 saturated carbocycles. The number of benzene rings is 2. The molecular weight excluding hydrogens is 510 g/mol. The number of aromatic amines is 1. The predicted molar refractivity (Wildman–Crippen MR) is 141 cm³/mol. The topological polar surface area (TPSA) is 161 Å². The number of nitro groups is 2. The van der Waals surface area contributed by atoms with E-state index in [1.165, 1.54) is 30.0 Å². The molecule has 2 aliphatic rings. The number of nitro benzene ring substituents is 2. The molecule has 0 bridgehead atoms. The lowest BCUT2D eigenvalue weighted by Crippen LogP contribution is -2.37. The van der Waals surface area contributed by atoms with Crippen molar-refractivity contribution in [2.75, 3.05) is 5.32 Å². The molecule has 1 atom stereocenters. The molecule has 2 heterocycles. The SMILES string of the molecule is CC1(C)CC(=O)C2=C(C1)Nc1nc(SCc3ccc([N+](=O)[O-])cc3)[nH]c(=O)c1C2c1ccccc1[N+](=O)[O-]. The lowest BCUT2D eigenvalue weighted by atomic mass is 9.69. The van der Waals surface area contributed by atoms with Crippen molar-refractivity contribution in [2.45, 2.75) is 43.5 Å². The van der Waals surface area contributed by atoms with Gasteiger partial charge in [-0.3, -0.25) is 29.8 Å². The van der Waals surface area contributed by atoms with E-state index in [2.05, 4.69) is 15.3 Å². The Morgan fingerprint density at radius 2 is 1.74 bits per heavy atom. The molecule has 5 rings (SSSR count). The monoisotopic (exact) mass is 533 g/mol. The van der Waals surface area contributed by atoms with Crippen LogP contribution >= 0.6 is 11.8 Å². The zero-order valence-electron chi connectivity index (χ0n) is 20.5. The number of aromatic nitrogens is 2. The van der Waals surface area contributed by atoms with Crippen LogP contribution < -0.4 is 10.9 Å². The fraction of sp³-hybridized carbons (Fsp3) is 0.269. The van der Waals surface area contributed by atoms with Crippen LogP contribution in [0.15, 0.2) is 69.8 Å². The molecule has 12 heteroatoms. The molecule has 0 spiro atoms. The average Bonchev–Trinajstić information content (AvgIpc) is 2.85. The fourth-order valence-electron chi connectivity index (χ4n) is 5.04. The van der Waals surface area contributed by atoms with Crippen LogP contribution in [0.2, 0.25) is 0 Å². The maximum absolute atomic E-state index is 13.5. The number of Topliss-reactive ketones (excluding diaryl/α,β-unsaturated/α-hetero) is 1. The van der Waals surface area contributed by atoms with Crippen molar-refractivity contribution in [3.63, 3.8) is 0 Å². The molecule has 0 fully saturated rings. The highest BCUT2D eigenvalue weighted by Gasteiger charge is 2.44. The molecular formula is C26H23N5O6S. The Labute approximate surface area is 220 Å². The quantitative estimate of drug-likeness (QED) is 0.190. The minimum Gasteiger partial charge on any atom is -0.343 e. The second kappa shape index (κ2) is 9.53. The first-order valence-electron chi connectivity index (χ1n) is 11.8. The van der Waals surface area contributed by atoms with Crippen molar-refractivity contribution < 1.29 is 14.6 Å². The third kappa shape index (κ3) is 4.70. The maximum atomic E-state index is 13.5. The van der Waals surface area contributed by atoms with E-state index in [9.17, 15) is 29.8 Å². The third-order valence-corrected chi connectivity index (χ3v) is 7.61. The maximum Gasteiger partial charge on any atom is 0.273 e. The number of anilines is 1. The summed E-state index contributed by atoms with van der Waals surface area (Å²) >= 11 is 1.24. The Morgan fingerprint density at radius 1 is 1.03 bits per heavy atom. The van der Waals surface area contributed by atoms with Gasteiger partial charge in [0, 0.05) is 47.2 Å². The Kier molecular flexibility index (Phi) is 6.35. The van der Waals surface area contributed by atoms with E-state index in [0.717, 1.165) is 5.56 Å². The first-order chi connectivity index (χ1) is 18.0. The molecule has 2 N–H and O–H groups in total. The Morgan fingerprint density at radius 3 is 2.42 bits per heavy atom. The van der Waals surface area contributed by atoms with Gasteiger partial charge in [0.25, 0.3) is 16.9 Å². The summed E-state index contributed by atoms with van der Waals surface area (Å²) in [6, 6.07) is 12.2. The van der Waals surface area contributed by atoms with Gasteiger partial charge in [-0.25, -0.2) is 4.98 Å². The van der Waals surface area contributed by atoms with Crippen molar-refractivity contribution in [3.05, 3.63) is 107 Å². The van der Waals surface area contributed by atoms with Gasteiger partial charge in [-0.15, -0.1) is 0 Å². The molecule has 194 valence electrons. The minimum absolute atomic E-state index is 0.0154. The van der Waals surface area contributed by atoms with Crippen LogP contribution in [-0.2, 0) is 10.5 Å². The Balaban J connectivity index is 1.57. The molecule has 1 aliphatic carbocycles. The number of nitrogens with zero attached hydrogens (tertiary/aromatic N) is 3. The van der Waals surface area contributed by atoms with Crippen molar-refractivity contribution in [1.29, 1.82) is 0 Å². The number of allylic oxidation sites excluding steroid dienone is 2. The lowest BCUT2D eigenvalue weighted by molar-refractivity contribution is -0.385. The summed E-state index contributed by atoms with van der Waals surface area (Å²) in [6.45, 7) is 3.95. The number of H-pyrrole nitrogens is 1. The van der Waals surface area contributed by atoms with Crippen LogP contribution in [-0.4, -0.2) is 25.6 Å². The summed E-state index contributed by atoms with van der Waals surface area (Å²) in [7, 11) is 0. The largest absolute Gasteiger partial charge is 0.343 e. The fourth-order valence-corrected chi connectivity index (χ4v) is 5.85. The van der Waals surface area contributed by atoms with E-state index < -0.39 is 21.3 Å². The van der Waals surface area contributed by atoms with Gasteiger partial charge in [0.05, 0.1) is 21.3 Å². The van der Waals surface area contributed by atoms with Gasteiger partial charge >= 0.3 is 0 Å². The number of ketones is 1. The smallest absolute Gasteiger partial charge is 0.273 e. The summed E-state index contributed by atoms with van der Waals surface area (Å²) < 4.78 is 0. The van der Waals surface area contributed by atoms with Crippen LogP contribution in [0.3, 0.4) is 0 Å². The molecule has 11 nitrogen and oxygen atoms in total. The molecule has 38 heavy (non-hydrogen) atoms. The normalized spacial score (nSPS) is 17.8. The van der Waals surface area contributed by atoms with E-state index in [0.29, 0.717) is 28.6 Å². The summed E-state index contributed by atoms with van der Waals surface area (Å²) in [5.74, 6) is -0.440. The van der Waals surface area contributed by atoms with Gasteiger partial charge in [-0.1, -0.05) is 55.9 Å². The number of para-hydroxylation sites is 1. The van der Waals surface area contributed by atoms with Crippen LogP contribution in [0.25, 0.3) is 0 Å². The van der Waals surface area contributed by atoms with Gasteiger partial charge in [0.15, 0.2) is 10.9 Å². The number of non-ortho nitro benzene ring substituents is 1. The summed E-state index contributed by atoms with van der Waals surface area (Å²) in [5, 5.41) is 26.3. The zero-order valence-corrected chi connectivity index (χ0v) is 21.3. The third-order valence-electron chi connectivity index (χ3n) is 6.67. The number of hydrogen-bond donors (Lipinski definition) is 2. The minimum atomic E-state index is -0.934. The van der Waals surface area contributed by atoms with Crippen molar-refractivity contribution in [3.8, 4) is 0 Å². The predicted octanol–water partition coefficient (Wildman–Crippen LogP) is 5.08. The highest BCUT2D eigenvalue weighted by atomic mass is 32.2. The highest BCUT2D eigenvalue weighted by Crippen LogP contribution is 2.49. The second-order valence-electron chi connectivity index (χ2n) is 10.1. The molecule has 0 saturated heterocycles. The molecule has 1 unspecified atom stereocenters. The van der Waals surface area contributed by atoms with Crippen LogP contribution in [0, 0.1) is 25.6 Å². The molecule has 1 aliphatic heterocycles. The van der Waals surface area contributed by atoms with Crippen molar-refractivity contribution in [1.82, 2.24) is 9.97 Å². The van der Waals surface area contributed by atoms with Crippen molar-refractivity contribution >= 4 is 34.7 Å². The molecule has 0 radical (unpaired) electrons. The highest BCUT2D eigenvalue weighted by molar-refractivity contribution is 7.98. The summed E-state index contributed by atoms with van der Waals surface area (Å²) in [5.41, 5.74) is 1.19. The number of thioether (sulfide) groups is 1. The molecule has 2 aromatic carbocycles. The van der Waals surface area contributed by atoms with Crippen LogP contribution in [0.5, 0.6) is 0 Å². The first-order valence-corrected chi connectivity index (χ1v) is 12.8.